The van der Waals surface area contributed by atoms with Crippen molar-refractivity contribution in [3.63, 3.8) is 0 Å². The minimum atomic E-state index is -3.30. The van der Waals surface area contributed by atoms with Gasteiger partial charge in [0.25, 0.3) is 0 Å². The van der Waals surface area contributed by atoms with Crippen molar-refractivity contribution in [3.05, 3.63) is 34.9 Å². The van der Waals surface area contributed by atoms with E-state index < -0.39 is 13.4 Å². The first-order chi connectivity index (χ1) is 10.1. The van der Waals surface area contributed by atoms with Crippen LogP contribution in [0.5, 0.6) is 0 Å². The molecule has 1 aliphatic rings. The van der Waals surface area contributed by atoms with Crippen LogP contribution in [-0.2, 0) is 13.6 Å². The molecule has 1 aliphatic carbocycles. The van der Waals surface area contributed by atoms with E-state index in [-0.39, 0.29) is 0 Å². The summed E-state index contributed by atoms with van der Waals surface area (Å²) >= 11 is 6.28. The van der Waals surface area contributed by atoms with Crippen molar-refractivity contribution in [2.24, 2.45) is 0 Å². The molecular formula is C15H23ClNO3P. The molecule has 1 atom stereocenters. The molecule has 1 aromatic rings. The highest BCUT2D eigenvalue weighted by atomic mass is 35.5. The Labute approximate surface area is 131 Å². The summed E-state index contributed by atoms with van der Waals surface area (Å²) in [5.41, 5.74) is 0.761. The number of nitrogens with one attached hydrogen (secondary N) is 1. The van der Waals surface area contributed by atoms with Gasteiger partial charge in [0.2, 0.25) is 0 Å². The van der Waals surface area contributed by atoms with Gasteiger partial charge in [-0.2, -0.15) is 0 Å². The highest BCUT2D eigenvalue weighted by Gasteiger charge is 2.38. The predicted molar refractivity (Wildman–Crippen MR) is 85.8 cm³/mol. The van der Waals surface area contributed by atoms with Gasteiger partial charge in [0.15, 0.2) is 0 Å². The molecule has 21 heavy (non-hydrogen) atoms. The Kier molecular flexibility index (Phi) is 6.27. The van der Waals surface area contributed by atoms with Gasteiger partial charge in [-0.15, -0.1) is 0 Å². The van der Waals surface area contributed by atoms with Crippen LogP contribution < -0.4 is 5.32 Å². The summed E-state index contributed by atoms with van der Waals surface area (Å²) in [6.07, 6.45) is 5.80. The standard InChI is InChI=1S/C15H23ClNO3P/c1-19-21(18,20-2)15(13-10-6-7-11-14(13)16)17-12-8-4-3-5-9-12/h6-7,10-12,15,17H,3-5,8-9H2,1-2H3. The Hall–Kier alpha value is -0.380. The van der Waals surface area contributed by atoms with E-state index in [0.29, 0.717) is 11.1 Å². The fourth-order valence-corrected chi connectivity index (χ4v) is 4.68. The molecule has 1 N–H and O–H groups in total. The Balaban J connectivity index is 2.30. The lowest BCUT2D eigenvalue weighted by Crippen LogP contribution is -2.35. The quantitative estimate of drug-likeness (QED) is 0.764. The van der Waals surface area contributed by atoms with Crippen LogP contribution in [0.2, 0.25) is 5.02 Å². The number of benzene rings is 1. The van der Waals surface area contributed by atoms with Crippen LogP contribution in [0, 0.1) is 0 Å². The molecule has 1 unspecified atom stereocenters. The van der Waals surface area contributed by atoms with Gasteiger partial charge in [-0.05, 0) is 24.5 Å². The van der Waals surface area contributed by atoms with E-state index in [1.54, 1.807) is 6.07 Å². The van der Waals surface area contributed by atoms with Crippen molar-refractivity contribution in [1.82, 2.24) is 5.32 Å². The SMILES string of the molecule is COP(=O)(OC)C(NC1CCCCC1)c1ccccc1Cl. The van der Waals surface area contributed by atoms with Crippen molar-refractivity contribution >= 4 is 19.2 Å². The van der Waals surface area contributed by atoms with Crippen LogP contribution in [0.15, 0.2) is 24.3 Å². The summed E-state index contributed by atoms with van der Waals surface area (Å²) in [6, 6.07) is 7.72. The summed E-state index contributed by atoms with van der Waals surface area (Å²) in [7, 11) is -0.476. The number of hydrogen-bond donors (Lipinski definition) is 1. The Bertz CT molecular complexity index is 497. The van der Waals surface area contributed by atoms with Crippen molar-refractivity contribution in [2.75, 3.05) is 14.2 Å². The van der Waals surface area contributed by atoms with Gasteiger partial charge in [-0.3, -0.25) is 9.88 Å². The van der Waals surface area contributed by atoms with Gasteiger partial charge in [-0.25, -0.2) is 0 Å². The molecule has 6 heteroatoms. The molecule has 0 aromatic heterocycles. The van der Waals surface area contributed by atoms with Crippen molar-refractivity contribution in [1.29, 1.82) is 0 Å². The van der Waals surface area contributed by atoms with Crippen molar-refractivity contribution < 1.29 is 13.6 Å². The molecule has 0 saturated heterocycles. The van der Waals surface area contributed by atoms with Gasteiger partial charge in [0.05, 0.1) is 0 Å². The Morgan fingerprint density at radius 3 is 2.38 bits per heavy atom. The minimum absolute atomic E-state index is 0.318. The molecule has 0 radical (unpaired) electrons. The van der Waals surface area contributed by atoms with Gasteiger partial charge in [-0.1, -0.05) is 49.1 Å². The average molecular weight is 332 g/mol. The molecule has 1 saturated carbocycles. The predicted octanol–water partition coefficient (Wildman–Crippen LogP) is 4.75. The van der Waals surface area contributed by atoms with Crippen LogP contribution in [0.4, 0.5) is 0 Å². The molecule has 0 bridgehead atoms. The lowest BCUT2D eigenvalue weighted by molar-refractivity contribution is 0.249. The molecule has 0 heterocycles. The second-order valence-corrected chi connectivity index (χ2v) is 8.06. The third-order valence-electron chi connectivity index (χ3n) is 4.02. The lowest BCUT2D eigenvalue weighted by atomic mass is 9.95. The lowest BCUT2D eigenvalue weighted by Gasteiger charge is -2.32. The van der Waals surface area contributed by atoms with Gasteiger partial charge >= 0.3 is 7.60 Å². The Morgan fingerprint density at radius 2 is 1.81 bits per heavy atom. The maximum absolute atomic E-state index is 12.9. The zero-order chi connectivity index (χ0) is 15.3. The maximum atomic E-state index is 12.9. The smallest absolute Gasteiger partial charge is 0.311 e. The second-order valence-electron chi connectivity index (χ2n) is 5.33. The first-order valence-electron chi connectivity index (χ1n) is 7.32. The second kappa shape index (κ2) is 7.75. The van der Waals surface area contributed by atoms with E-state index >= 15 is 0 Å². The molecule has 1 fully saturated rings. The number of rotatable bonds is 6. The maximum Gasteiger partial charge on any atom is 0.351 e. The van der Waals surface area contributed by atoms with Gasteiger partial charge in [0, 0.05) is 25.3 Å². The fraction of sp³-hybridized carbons (Fsp3) is 0.600. The fourth-order valence-electron chi connectivity index (χ4n) is 2.83. The molecule has 118 valence electrons. The van der Waals surface area contributed by atoms with Gasteiger partial charge in [0.1, 0.15) is 5.78 Å². The van der Waals surface area contributed by atoms with Crippen LogP contribution in [0.1, 0.15) is 43.5 Å². The molecule has 2 rings (SSSR count). The molecular weight excluding hydrogens is 309 g/mol. The average Bonchev–Trinajstić information content (AvgIpc) is 2.54. The van der Waals surface area contributed by atoms with Crippen LogP contribution >= 0.6 is 19.2 Å². The van der Waals surface area contributed by atoms with E-state index in [2.05, 4.69) is 5.32 Å². The number of hydrogen-bond acceptors (Lipinski definition) is 4. The summed E-state index contributed by atoms with van der Waals surface area (Å²) in [4.78, 5) is 0. The summed E-state index contributed by atoms with van der Waals surface area (Å²) < 4.78 is 23.3. The van der Waals surface area contributed by atoms with Gasteiger partial charge < -0.3 is 9.05 Å². The van der Waals surface area contributed by atoms with Crippen LogP contribution in [-0.4, -0.2) is 20.3 Å². The topological polar surface area (TPSA) is 47.6 Å². The molecule has 4 nitrogen and oxygen atoms in total. The number of halogens is 1. The first-order valence-corrected chi connectivity index (χ1v) is 9.31. The molecule has 0 amide bonds. The third kappa shape index (κ3) is 4.08. The zero-order valence-corrected chi connectivity index (χ0v) is 14.2. The summed E-state index contributed by atoms with van der Waals surface area (Å²) in [5, 5.41) is 4.03. The summed E-state index contributed by atoms with van der Waals surface area (Å²) in [5.74, 6) is -0.538. The van der Waals surface area contributed by atoms with E-state index in [1.165, 1.54) is 33.5 Å². The van der Waals surface area contributed by atoms with E-state index in [0.717, 1.165) is 18.4 Å². The Morgan fingerprint density at radius 1 is 1.19 bits per heavy atom. The molecule has 0 spiro atoms. The normalized spacial score (nSPS) is 18.6. The van der Waals surface area contributed by atoms with Crippen LogP contribution in [0.25, 0.3) is 0 Å². The van der Waals surface area contributed by atoms with Crippen LogP contribution in [0.3, 0.4) is 0 Å². The van der Waals surface area contributed by atoms with Crippen molar-refractivity contribution in [2.45, 2.75) is 43.9 Å². The monoisotopic (exact) mass is 331 g/mol. The van der Waals surface area contributed by atoms with E-state index in [4.69, 9.17) is 20.6 Å². The zero-order valence-electron chi connectivity index (χ0n) is 12.5. The highest BCUT2D eigenvalue weighted by molar-refractivity contribution is 7.54. The largest absolute Gasteiger partial charge is 0.351 e. The third-order valence-corrected chi connectivity index (χ3v) is 6.45. The molecule has 1 aromatic carbocycles. The van der Waals surface area contributed by atoms with E-state index in [1.807, 2.05) is 18.2 Å². The van der Waals surface area contributed by atoms with E-state index in [9.17, 15) is 4.57 Å². The highest BCUT2D eigenvalue weighted by Crippen LogP contribution is 2.59. The van der Waals surface area contributed by atoms with Crippen molar-refractivity contribution in [3.8, 4) is 0 Å². The first kappa shape index (κ1) is 17.0. The minimum Gasteiger partial charge on any atom is -0.311 e. The summed E-state index contributed by atoms with van der Waals surface area (Å²) in [6.45, 7) is 0. The molecule has 0 aliphatic heterocycles.